The lowest BCUT2D eigenvalue weighted by Gasteiger charge is -2.21. The van der Waals surface area contributed by atoms with Gasteiger partial charge in [-0.15, -0.1) is 0 Å². The maximum absolute atomic E-state index is 12.8. The van der Waals surface area contributed by atoms with E-state index in [-0.39, 0.29) is 24.1 Å². The third-order valence-corrected chi connectivity index (χ3v) is 2.97. The average molecular weight is 296 g/mol. The highest BCUT2D eigenvalue weighted by atomic mass is 19.1. The van der Waals surface area contributed by atoms with Crippen molar-refractivity contribution in [2.24, 2.45) is 0 Å². The lowest BCUT2D eigenvalue weighted by atomic mass is 10.2. The lowest BCUT2D eigenvalue weighted by Crippen LogP contribution is -2.34. The van der Waals surface area contributed by atoms with Gasteiger partial charge in [0, 0.05) is 40.1 Å². The van der Waals surface area contributed by atoms with Crippen molar-refractivity contribution < 1.29 is 18.7 Å². The number of benzene rings is 1. The monoisotopic (exact) mass is 296 g/mol. The number of carbonyl (C=O) groups excluding carboxylic acids is 2. The van der Waals surface area contributed by atoms with E-state index in [9.17, 15) is 14.0 Å². The maximum atomic E-state index is 12.8. The molecule has 0 aliphatic heterocycles. The smallest absolute Gasteiger partial charge is 0.221 e. The molecule has 1 aromatic carbocycles. The highest BCUT2D eigenvalue weighted by molar-refractivity contribution is 5.78. The van der Waals surface area contributed by atoms with E-state index >= 15 is 0 Å². The van der Waals surface area contributed by atoms with E-state index in [4.69, 9.17) is 4.74 Å². The van der Waals surface area contributed by atoms with Crippen LogP contribution in [0.4, 0.5) is 4.39 Å². The second kappa shape index (κ2) is 9.07. The third-order valence-electron chi connectivity index (χ3n) is 2.97. The molecular weight excluding hydrogens is 275 g/mol. The Morgan fingerprint density at radius 2 is 1.95 bits per heavy atom. The summed E-state index contributed by atoms with van der Waals surface area (Å²) < 4.78 is 17.7. The summed E-state index contributed by atoms with van der Waals surface area (Å²) in [6, 6.07) is 5.96. The molecule has 0 bridgehead atoms. The largest absolute Gasteiger partial charge is 0.383 e. The van der Waals surface area contributed by atoms with Gasteiger partial charge >= 0.3 is 0 Å². The molecule has 0 fully saturated rings. The summed E-state index contributed by atoms with van der Waals surface area (Å²) in [5, 5.41) is 2.70. The van der Waals surface area contributed by atoms with Gasteiger partial charge in [-0.1, -0.05) is 12.1 Å². The summed E-state index contributed by atoms with van der Waals surface area (Å²) in [5.41, 5.74) is 0.825. The van der Waals surface area contributed by atoms with Crippen LogP contribution in [0.25, 0.3) is 0 Å². The summed E-state index contributed by atoms with van der Waals surface area (Å²) >= 11 is 0. The van der Waals surface area contributed by atoms with Crippen molar-refractivity contribution in [3.8, 4) is 0 Å². The SMILES string of the molecule is COCCNC(=O)CCN(Cc1ccc(F)cc1)C(C)=O. The summed E-state index contributed by atoms with van der Waals surface area (Å²) in [5.74, 6) is -0.563. The standard InChI is InChI=1S/C15H21FN2O3/c1-12(19)18(9-7-15(20)17-8-10-21-2)11-13-3-5-14(16)6-4-13/h3-6H,7-11H2,1-2H3,(H,17,20). The summed E-state index contributed by atoms with van der Waals surface area (Å²) in [7, 11) is 1.56. The number of halogens is 1. The molecule has 0 radical (unpaired) electrons. The third kappa shape index (κ3) is 6.85. The first kappa shape index (κ1) is 17.1. The van der Waals surface area contributed by atoms with Crippen LogP contribution in [0.3, 0.4) is 0 Å². The molecule has 1 N–H and O–H groups in total. The van der Waals surface area contributed by atoms with Gasteiger partial charge < -0.3 is 15.0 Å². The van der Waals surface area contributed by atoms with E-state index in [1.54, 1.807) is 24.1 Å². The molecule has 0 unspecified atom stereocenters. The van der Waals surface area contributed by atoms with Crippen LogP contribution in [0, 0.1) is 5.82 Å². The van der Waals surface area contributed by atoms with Crippen LogP contribution in [0.15, 0.2) is 24.3 Å². The molecule has 5 nitrogen and oxygen atoms in total. The Morgan fingerprint density at radius 3 is 2.52 bits per heavy atom. The second-order valence-electron chi connectivity index (χ2n) is 4.66. The predicted molar refractivity (Wildman–Crippen MR) is 77.0 cm³/mol. The maximum Gasteiger partial charge on any atom is 0.221 e. The van der Waals surface area contributed by atoms with Crippen LogP contribution in [-0.2, 0) is 20.9 Å². The first-order valence-corrected chi connectivity index (χ1v) is 6.78. The number of ether oxygens (including phenoxy) is 1. The number of nitrogens with zero attached hydrogens (tertiary/aromatic N) is 1. The highest BCUT2D eigenvalue weighted by Gasteiger charge is 2.11. The Kier molecular flexibility index (Phi) is 7.39. The van der Waals surface area contributed by atoms with Crippen molar-refractivity contribution in [3.05, 3.63) is 35.6 Å². The van der Waals surface area contributed by atoms with E-state index in [2.05, 4.69) is 5.32 Å². The Balaban J connectivity index is 2.45. The molecule has 1 rings (SSSR count). The number of carbonyl (C=O) groups is 2. The van der Waals surface area contributed by atoms with Crippen molar-refractivity contribution in [2.45, 2.75) is 19.9 Å². The molecule has 2 amide bonds. The highest BCUT2D eigenvalue weighted by Crippen LogP contribution is 2.07. The topological polar surface area (TPSA) is 58.6 Å². The van der Waals surface area contributed by atoms with Gasteiger partial charge in [0.25, 0.3) is 0 Å². The van der Waals surface area contributed by atoms with E-state index in [1.165, 1.54) is 19.1 Å². The van der Waals surface area contributed by atoms with E-state index in [0.717, 1.165) is 5.56 Å². The number of amides is 2. The van der Waals surface area contributed by atoms with E-state index < -0.39 is 0 Å². The molecule has 6 heteroatoms. The molecule has 0 spiro atoms. The molecule has 0 heterocycles. The van der Waals surface area contributed by atoms with E-state index in [1.807, 2.05) is 0 Å². The predicted octanol–water partition coefficient (Wildman–Crippen LogP) is 1.33. The number of nitrogens with one attached hydrogen (secondary N) is 1. The zero-order chi connectivity index (χ0) is 15.7. The first-order chi connectivity index (χ1) is 10.0. The van der Waals surface area contributed by atoms with Crippen molar-refractivity contribution in [1.29, 1.82) is 0 Å². The van der Waals surface area contributed by atoms with Gasteiger partial charge in [-0.05, 0) is 17.7 Å². The van der Waals surface area contributed by atoms with Gasteiger partial charge in [0.2, 0.25) is 11.8 Å². The molecule has 0 saturated heterocycles. The fraction of sp³-hybridized carbons (Fsp3) is 0.467. The zero-order valence-corrected chi connectivity index (χ0v) is 12.4. The lowest BCUT2D eigenvalue weighted by molar-refractivity contribution is -0.130. The average Bonchev–Trinajstić information content (AvgIpc) is 2.45. The molecule has 0 aliphatic rings. The quantitative estimate of drug-likeness (QED) is 0.736. The Morgan fingerprint density at radius 1 is 1.29 bits per heavy atom. The van der Waals surface area contributed by atoms with Crippen LogP contribution in [0.1, 0.15) is 18.9 Å². The Hall–Kier alpha value is -1.95. The molecule has 0 atom stereocenters. The molecule has 0 aromatic heterocycles. The van der Waals surface area contributed by atoms with E-state index in [0.29, 0.717) is 26.2 Å². The van der Waals surface area contributed by atoms with Crippen LogP contribution >= 0.6 is 0 Å². The molecule has 21 heavy (non-hydrogen) atoms. The zero-order valence-electron chi connectivity index (χ0n) is 12.4. The summed E-state index contributed by atoms with van der Waals surface area (Å²) in [6.45, 7) is 3.05. The number of hydrogen-bond acceptors (Lipinski definition) is 3. The number of methoxy groups -OCH3 is 1. The Bertz CT molecular complexity index is 462. The normalized spacial score (nSPS) is 10.2. The van der Waals surface area contributed by atoms with Crippen molar-refractivity contribution in [1.82, 2.24) is 10.2 Å². The van der Waals surface area contributed by atoms with Crippen LogP contribution < -0.4 is 5.32 Å². The molecule has 116 valence electrons. The van der Waals surface area contributed by atoms with Gasteiger partial charge in [0.05, 0.1) is 6.61 Å². The van der Waals surface area contributed by atoms with Crippen LogP contribution in [0.5, 0.6) is 0 Å². The van der Waals surface area contributed by atoms with Crippen LogP contribution in [0.2, 0.25) is 0 Å². The van der Waals surface area contributed by atoms with Crippen molar-refractivity contribution in [3.63, 3.8) is 0 Å². The van der Waals surface area contributed by atoms with Gasteiger partial charge in [0.15, 0.2) is 0 Å². The fourth-order valence-electron chi connectivity index (χ4n) is 1.78. The van der Waals surface area contributed by atoms with Crippen LogP contribution in [-0.4, -0.2) is 43.5 Å². The minimum absolute atomic E-state index is 0.121. The van der Waals surface area contributed by atoms with Gasteiger partial charge in [-0.3, -0.25) is 9.59 Å². The summed E-state index contributed by atoms with van der Waals surface area (Å²) in [4.78, 5) is 24.7. The summed E-state index contributed by atoms with van der Waals surface area (Å²) in [6.07, 6.45) is 0.227. The van der Waals surface area contributed by atoms with Gasteiger partial charge in [0.1, 0.15) is 5.82 Å². The molecular formula is C15H21FN2O3. The first-order valence-electron chi connectivity index (χ1n) is 6.78. The minimum Gasteiger partial charge on any atom is -0.383 e. The van der Waals surface area contributed by atoms with Crippen molar-refractivity contribution in [2.75, 3.05) is 26.8 Å². The second-order valence-corrected chi connectivity index (χ2v) is 4.66. The molecule has 1 aromatic rings. The minimum atomic E-state index is -0.314. The fourth-order valence-corrected chi connectivity index (χ4v) is 1.78. The van der Waals surface area contributed by atoms with Gasteiger partial charge in [-0.25, -0.2) is 4.39 Å². The molecule has 0 saturated carbocycles. The van der Waals surface area contributed by atoms with Crippen molar-refractivity contribution >= 4 is 11.8 Å². The van der Waals surface area contributed by atoms with Gasteiger partial charge in [-0.2, -0.15) is 0 Å². The molecule has 0 aliphatic carbocycles. The number of hydrogen-bond donors (Lipinski definition) is 1. The number of rotatable bonds is 8. The Labute approximate surface area is 124 Å².